The summed E-state index contributed by atoms with van der Waals surface area (Å²) >= 11 is 5.56. The van der Waals surface area contributed by atoms with Gasteiger partial charge in [-0.1, -0.05) is 24.4 Å². The number of carbonyl (C=O) groups excluding carboxylic acids is 2. The summed E-state index contributed by atoms with van der Waals surface area (Å²) in [6, 6.07) is 5.68. The molecule has 1 aromatic carbocycles. The molecule has 1 aliphatic rings. The van der Waals surface area contributed by atoms with Crippen LogP contribution in [0, 0.1) is 5.92 Å². The number of thiocarbonyl (C=S) groups is 1. The maximum atomic E-state index is 12.9. The van der Waals surface area contributed by atoms with E-state index in [4.69, 9.17) is 17.0 Å². The van der Waals surface area contributed by atoms with Crippen molar-refractivity contribution in [2.75, 3.05) is 40.3 Å². The van der Waals surface area contributed by atoms with E-state index in [1.165, 1.54) is 35.5 Å². The molecule has 1 aromatic rings. The Labute approximate surface area is 201 Å². The first-order valence-corrected chi connectivity index (χ1v) is 12.4. The number of ketones is 1. The number of hydrogen-bond acceptors (Lipinski definition) is 6. The second-order valence-corrected chi connectivity index (χ2v) is 11.1. The van der Waals surface area contributed by atoms with Gasteiger partial charge in [-0.25, -0.2) is 4.79 Å². The molecule has 1 saturated heterocycles. The van der Waals surface area contributed by atoms with Crippen molar-refractivity contribution in [3.8, 4) is 0 Å². The number of rotatable bonds is 6. The Bertz CT molecular complexity index is 1010. The fourth-order valence-electron chi connectivity index (χ4n) is 3.08. The minimum Gasteiger partial charge on any atom is -0.444 e. The lowest BCUT2D eigenvalue weighted by atomic mass is 9.98. The Morgan fingerprint density at radius 3 is 2.09 bits per heavy atom. The van der Waals surface area contributed by atoms with Gasteiger partial charge in [-0.15, -0.1) is 4.40 Å². The lowest BCUT2D eigenvalue weighted by Gasteiger charge is -2.37. The van der Waals surface area contributed by atoms with Crippen LogP contribution in [0.15, 0.2) is 33.6 Å². The van der Waals surface area contributed by atoms with Crippen LogP contribution in [0.5, 0.6) is 0 Å². The Morgan fingerprint density at radius 1 is 1.09 bits per heavy atom. The molecule has 1 aliphatic heterocycles. The molecule has 33 heavy (non-hydrogen) atoms. The summed E-state index contributed by atoms with van der Waals surface area (Å²) in [5.74, 6) is -0.766. The molecule has 0 aliphatic carbocycles. The molecule has 1 fully saturated rings. The van der Waals surface area contributed by atoms with Crippen LogP contribution in [0.3, 0.4) is 0 Å². The van der Waals surface area contributed by atoms with Crippen molar-refractivity contribution in [1.82, 2.24) is 14.7 Å². The van der Waals surface area contributed by atoms with E-state index in [9.17, 15) is 18.0 Å². The van der Waals surface area contributed by atoms with Crippen molar-refractivity contribution in [3.63, 3.8) is 0 Å². The minimum atomic E-state index is -3.84. The van der Waals surface area contributed by atoms with Crippen molar-refractivity contribution in [2.24, 2.45) is 10.3 Å². The first-order valence-electron chi connectivity index (χ1n) is 10.6. The van der Waals surface area contributed by atoms with Gasteiger partial charge in [-0.3, -0.25) is 4.79 Å². The van der Waals surface area contributed by atoms with Crippen molar-refractivity contribution in [2.45, 2.75) is 38.2 Å². The number of sulfonamides is 1. The van der Waals surface area contributed by atoms with Crippen LogP contribution in [0.2, 0.25) is 0 Å². The highest BCUT2D eigenvalue weighted by Crippen LogP contribution is 2.19. The second-order valence-electron chi connectivity index (χ2n) is 9.06. The summed E-state index contributed by atoms with van der Waals surface area (Å²) < 4.78 is 33.5. The first kappa shape index (κ1) is 26.7. The van der Waals surface area contributed by atoms with E-state index < -0.39 is 21.5 Å². The number of carbonyl (C=O) groups is 2. The maximum absolute atomic E-state index is 12.9. The predicted molar refractivity (Wildman–Crippen MR) is 131 cm³/mol. The van der Waals surface area contributed by atoms with Gasteiger partial charge in [0.1, 0.15) is 11.9 Å². The van der Waals surface area contributed by atoms with Gasteiger partial charge in [0.2, 0.25) is 0 Å². The molecule has 1 unspecified atom stereocenters. The summed E-state index contributed by atoms with van der Waals surface area (Å²) in [5.41, 5.74) is -0.189. The third kappa shape index (κ3) is 7.50. The average Bonchev–Trinajstić information content (AvgIpc) is 2.75. The van der Waals surface area contributed by atoms with E-state index in [1.807, 2.05) is 25.7 Å². The molecule has 2 rings (SSSR count). The summed E-state index contributed by atoms with van der Waals surface area (Å²) in [5, 5.41) is 0. The SMILES string of the molecule is CC(C(=O)c1ccc(S(=O)(=O)N=CN(C)C)cc1)C(=S)N1CCN(C(=O)OC(C)(C)C)CC1. The topological polar surface area (TPSA) is 99.6 Å². The van der Waals surface area contributed by atoms with Crippen LogP contribution in [0.4, 0.5) is 4.79 Å². The number of Topliss-reactive ketones (excluding diaryl/α,β-unsaturated/α-hetero) is 1. The van der Waals surface area contributed by atoms with E-state index in [0.717, 1.165) is 0 Å². The summed E-state index contributed by atoms with van der Waals surface area (Å²) in [7, 11) is -0.497. The van der Waals surface area contributed by atoms with Crippen LogP contribution in [-0.4, -0.2) is 92.2 Å². The fraction of sp³-hybridized carbons (Fsp3) is 0.545. The lowest BCUT2D eigenvalue weighted by molar-refractivity contribution is 0.0186. The maximum Gasteiger partial charge on any atom is 0.410 e. The quantitative estimate of drug-likeness (QED) is 0.257. The van der Waals surface area contributed by atoms with Crippen LogP contribution < -0.4 is 0 Å². The standard InChI is InChI=1S/C22H32N4O5S2/c1-16(20(32)25-11-13-26(14-12-25)21(28)31-22(2,3)4)19(27)17-7-9-18(10-8-17)33(29,30)23-15-24(5)6/h7-10,15-16H,11-14H2,1-6H3. The number of amides is 1. The Kier molecular flexibility index (Phi) is 8.58. The van der Waals surface area contributed by atoms with Gasteiger partial charge in [-0.2, -0.15) is 8.42 Å². The largest absolute Gasteiger partial charge is 0.444 e. The fourth-order valence-corrected chi connectivity index (χ4v) is 4.28. The minimum absolute atomic E-state index is 0.00523. The zero-order chi connectivity index (χ0) is 25.0. The van der Waals surface area contributed by atoms with E-state index in [0.29, 0.717) is 36.7 Å². The molecule has 1 amide bonds. The first-order chi connectivity index (χ1) is 15.2. The molecule has 0 radical (unpaired) electrons. The summed E-state index contributed by atoms with van der Waals surface area (Å²) in [6.45, 7) is 9.13. The molecular weight excluding hydrogens is 464 g/mol. The molecule has 0 saturated carbocycles. The number of nitrogens with zero attached hydrogens (tertiary/aromatic N) is 4. The van der Waals surface area contributed by atoms with Crippen LogP contribution in [-0.2, 0) is 14.8 Å². The Hall–Kier alpha value is -2.53. The molecule has 1 atom stereocenters. The molecule has 9 nitrogen and oxygen atoms in total. The van der Waals surface area contributed by atoms with E-state index in [2.05, 4.69) is 4.40 Å². The monoisotopic (exact) mass is 496 g/mol. The number of piperazine rings is 1. The van der Waals surface area contributed by atoms with E-state index in [1.54, 1.807) is 25.9 Å². The van der Waals surface area contributed by atoms with Crippen LogP contribution in [0.25, 0.3) is 0 Å². The number of benzene rings is 1. The molecule has 0 spiro atoms. The lowest BCUT2D eigenvalue weighted by Crippen LogP contribution is -2.52. The van der Waals surface area contributed by atoms with E-state index >= 15 is 0 Å². The Balaban J connectivity index is 2.00. The molecule has 0 bridgehead atoms. The molecule has 0 N–H and O–H groups in total. The summed E-state index contributed by atoms with van der Waals surface area (Å²) in [4.78, 5) is 30.8. The molecule has 182 valence electrons. The second kappa shape index (κ2) is 10.6. The Morgan fingerprint density at radius 2 is 1.61 bits per heavy atom. The number of ether oxygens (including phenoxy) is 1. The normalized spacial score (nSPS) is 15.9. The van der Waals surface area contributed by atoms with Crippen LogP contribution >= 0.6 is 12.2 Å². The van der Waals surface area contributed by atoms with E-state index in [-0.39, 0.29) is 16.8 Å². The highest BCUT2D eigenvalue weighted by atomic mass is 32.2. The molecule has 11 heteroatoms. The van der Waals surface area contributed by atoms with Crippen molar-refractivity contribution >= 4 is 45.4 Å². The third-order valence-corrected chi connectivity index (χ3v) is 6.71. The van der Waals surface area contributed by atoms with Gasteiger partial charge in [0.05, 0.1) is 15.8 Å². The van der Waals surface area contributed by atoms with Gasteiger partial charge in [0.15, 0.2) is 5.78 Å². The number of hydrogen-bond donors (Lipinski definition) is 0. The van der Waals surface area contributed by atoms with Crippen molar-refractivity contribution < 1.29 is 22.7 Å². The van der Waals surface area contributed by atoms with Gasteiger partial charge in [0.25, 0.3) is 10.0 Å². The smallest absolute Gasteiger partial charge is 0.410 e. The van der Waals surface area contributed by atoms with Gasteiger partial charge in [-0.05, 0) is 39.8 Å². The average molecular weight is 497 g/mol. The van der Waals surface area contributed by atoms with Gasteiger partial charge in [0, 0.05) is 45.8 Å². The predicted octanol–water partition coefficient (Wildman–Crippen LogP) is 2.66. The van der Waals surface area contributed by atoms with Gasteiger partial charge < -0.3 is 19.4 Å². The summed E-state index contributed by atoms with van der Waals surface area (Å²) in [6.07, 6.45) is 0.847. The highest BCUT2D eigenvalue weighted by molar-refractivity contribution is 7.90. The molecule has 0 aromatic heterocycles. The molecule has 1 heterocycles. The van der Waals surface area contributed by atoms with Crippen molar-refractivity contribution in [1.29, 1.82) is 0 Å². The zero-order valence-electron chi connectivity index (χ0n) is 19.9. The third-order valence-electron chi connectivity index (χ3n) is 4.86. The van der Waals surface area contributed by atoms with Crippen molar-refractivity contribution in [3.05, 3.63) is 29.8 Å². The molecular formula is C22H32N4O5S2. The zero-order valence-corrected chi connectivity index (χ0v) is 21.6. The van der Waals surface area contributed by atoms with Gasteiger partial charge >= 0.3 is 6.09 Å². The highest BCUT2D eigenvalue weighted by Gasteiger charge is 2.30. The van der Waals surface area contributed by atoms with Crippen LogP contribution in [0.1, 0.15) is 38.1 Å².